The van der Waals surface area contributed by atoms with E-state index in [2.05, 4.69) is 10.6 Å². The van der Waals surface area contributed by atoms with Crippen LogP contribution in [0.2, 0.25) is 0 Å². The van der Waals surface area contributed by atoms with Crippen molar-refractivity contribution in [3.63, 3.8) is 0 Å². The van der Waals surface area contributed by atoms with Crippen molar-refractivity contribution in [2.45, 2.75) is 66.1 Å². The molecule has 2 aliphatic rings. The molecule has 444 valence electrons. The average molecular weight is 1170 g/mol. The van der Waals surface area contributed by atoms with Gasteiger partial charge in [-0.3, -0.25) is 29.4 Å². The van der Waals surface area contributed by atoms with E-state index >= 15 is 8.78 Å². The molecule has 0 aromatic heterocycles. The minimum Gasteiger partial charge on any atom is -0.485 e. The number of esters is 2. The highest BCUT2D eigenvalue weighted by molar-refractivity contribution is 6.06. The van der Waals surface area contributed by atoms with Gasteiger partial charge >= 0.3 is 11.9 Å². The lowest BCUT2D eigenvalue weighted by molar-refractivity contribution is -0.384. The van der Waals surface area contributed by atoms with Crippen LogP contribution in [0.3, 0.4) is 0 Å². The number of nitrogens with one attached hydrogen (secondary N) is 2. The van der Waals surface area contributed by atoms with Gasteiger partial charge < -0.3 is 39.2 Å². The second-order valence-corrected chi connectivity index (χ2v) is 21.2. The molecule has 1 fully saturated rings. The van der Waals surface area contributed by atoms with E-state index in [1.54, 1.807) is 0 Å². The van der Waals surface area contributed by atoms with Gasteiger partial charge in [-0.2, -0.15) is 0 Å². The molecule has 86 heavy (non-hydrogen) atoms. The maximum Gasteiger partial charge on any atom is 0.362 e. The first-order chi connectivity index (χ1) is 41.7. The van der Waals surface area contributed by atoms with Crippen LogP contribution in [-0.4, -0.2) is 83.1 Å². The van der Waals surface area contributed by atoms with Crippen LogP contribution in [-0.2, 0) is 40.8 Å². The molecule has 2 aliphatic heterocycles. The highest BCUT2D eigenvalue weighted by Gasteiger charge is 2.59. The Balaban J connectivity index is 0.928. The number of benzene rings is 7. The summed E-state index contributed by atoms with van der Waals surface area (Å²) in [5, 5.41) is 16.9. The molecule has 17 nitrogen and oxygen atoms in total. The Morgan fingerprint density at radius 2 is 1.01 bits per heavy atom. The van der Waals surface area contributed by atoms with Crippen molar-refractivity contribution >= 4 is 35.3 Å². The number of carbonyl (C=O) groups excluding carboxylic acids is 5. The molecule has 0 radical (unpaired) electrons. The number of hydrogen-bond donors (Lipinski definition) is 2. The summed E-state index contributed by atoms with van der Waals surface area (Å²) in [6, 6.07) is 46.7. The third kappa shape index (κ3) is 14.8. The minimum atomic E-state index is -1.08. The van der Waals surface area contributed by atoms with Crippen LogP contribution >= 0.6 is 0 Å². The van der Waals surface area contributed by atoms with Gasteiger partial charge in [-0.15, -0.1) is 0 Å². The molecule has 2 heterocycles. The summed E-state index contributed by atoms with van der Waals surface area (Å²) in [6.07, 6.45) is 0.567. The number of hydrogen-bond acceptors (Lipinski definition) is 13. The molecule has 7 aromatic carbocycles. The predicted octanol–water partition coefficient (Wildman–Crippen LogP) is 11.2. The smallest absolute Gasteiger partial charge is 0.362 e. The van der Waals surface area contributed by atoms with E-state index in [-0.39, 0.29) is 135 Å². The molecule has 0 saturated carbocycles. The van der Waals surface area contributed by atoms with Crippen LogP contribution in [0.5, 0.6) is 23.0 Å². The normalized spacial score (nSPS) is 15.2. The fourth-order valence-corrected chi connectivity index (χ4v) is 10.5. The summed E-state index contributed by atoms with van der Waals surface area (Å²) >= 11 is 0. The molecular formula is C67H65F2N5O12. The number of amides is 3. The molecule has 7 aromatic rings. The number of nitrogens with zero attached hydrogens (tertiary/aromatic N) is 3. The van der Waals surface area contributed by atoms with E-state index < -0.39 is 58.2 Å². The summed E-state index contributed by atoms with van der Waals surface area (Å²) in [6.45, 7) is 6.61. The quantitative estimate of drug-likeness (QED) is 0.0117. The number of β-lactam (4-membered cyclic amide) rings is 1. The number of carbonyl (C=O) groups is 5. The molecule has 19 heteroatoms. The van der Waals surface area contributed by atoms with Crippen molar-refractivity contribution in [2.24, 2.45) is 17.8 Å². The Hall–Kier alpha value is -9.75. The summed E-state index contributed by atoms with van der Waals surface area (Å²) < 4.78 is 62.5. The lowest BCUT2D eigenvalue weighted by Crippen LogP contribution is -2.62. The number of fused-ring (bicyclic) bond motifs is 1. The van der Waals surface area contributed by atoms with Gasteiger partial charge in [0.1, 0.15) is 32.1 Å². The molecule has 9 rings (SSSR count). The molecule has 0 bridgehead atoms. The van der Waals surface area contributed by atoms with Gasteiger partial charge in [-0.1, -0.05) is 142 Å². The maximum absolute atomic E-state index is 16.5. The van der Waals surface area contributed by atoms with E-state index in [4.69, 9.17) is 23.7 Å². The molecule has 0 spiro atoms. The zero-order valence-electron chi connectivity index (χ0n) is 47.7. The van der Waals surface area contributed by atoms with Gasteiger partial charge in [-0.25, -0.2) is 18.4 Å². The first kappa shape index (κ1) is 60.8. The van der Waals surface area contributed by atoms with Gasteiger partial charge in [-0.05, 0) is 83.0 Å². The van der Waals surface area contributed by atoms with Gasteiger partial charge in [0, 0.05) is 50.8 Å². The van der Waals surface area contributed by atoms with Crippen LogP contribution in [0.25, 0.3) is 0 Å². The van der Waals surface area contributed by atoms with Crippen LogP contribution in [0.15, 0.2) is 181 Å². The summed E-state index contributed by atoms with van der Waals surface area (Å²) in [4.78, 5) is 83.3. The fraction of sp³-hybridized carbons (Fsp3) is 0.269. The maximum atomic E-state index is 16.5. The molecule has 1 saturated heterocycles. The second kappa shape index (κ2) is 28.7. The number of nitro benzene ring substituents is 1. The average Bonchev–Trinajstić information content (AvgIpc) is 1.67. The SMILES string of the molecule is CC(C)[C@H]1C(=O)N2C(C(=O)OC(=O)c3ccc([N+](=O)[O-])cc3)=C(CN(CCCNC(=O)c3ccc(OCc4ccccc4)c(OCc4ccccc4)c3F)CCCNC(=O)c3ccc(OCc4ccccc4)c(OCc4ccccc4)c3F)[C@H](C)[C@H]12. The van der Waals surface area contributed by atoms with Crippen LogP contribution in [0.4, 0.5) is 14.5 Å². The Kier molecular flexibility index (Phi) is 20.3. The van der Waals surface area contributed by atoms with Crippen molar-refractivity contribution < 1.29 is 61.4 Å². The van der Waals surface area contributed by atoms with E-state index in [1.807, 2.05) is 147 Å². The lowest BCUT2D eigenvalue weighted by Gasteiger charge is -2.47. The van der Waals surface area contributed by atoms with Gasteiger partial charge in [0.15, 0.2) is 34.6 Å². The van der Waals surface area contributed by atoms with E-state index in [9.17, 15) is 34.1 Å². The third-order valence-electron chi connectivity index (χ3n) is 15.0. The zero-order valence-corrected chi connectivity index (χ0v) is 47.7. The van der Waals surface area contributed by atoms with Crippen molar-refractivity contribution in [1.29, 1.82) is 0 Å². The van der Waals surface area contributed by atoms with Crippen molar-refractivity contribution in [3.8, 4) is 23.0 Å². The molecule has 0 unspecified atom stereocenters. The zero-order chi connectivity index (χ0) is 60.7. The first-order valence-electron chi connectivity index (χ1n) is 28.3. The Morgan fingerprint density at radius 3 is 1.42 bits per heavy atom. The Morgan fingerprint density at radius 1 is 0.593 bits per heavy atom. The minimum absolute atomic E-state index is 0.000509. The first-order valence-corrected chi connectivity index (χ1v) is 28.3. The molecule has 3 amide bonds. The monoisotopic (exact) mass is 1170 g/mol. The Labute approximate surface area is 496 Å². The third-order valence-corrected chi connectivity index (χ3v) is 15.0. The predicted molar refractivity (Wildman–Crippen MR) is 315 cm³/mol. The highest BCUT2D eigenvalue weighted by Crippen LogP contribution is 2.49. The van der Waals surface area contributed by atoms with Crippen molar-refractivity contribution in [2.75, 3.05) is 32.7 Å². The topological polar surface area (TPSA) is 205 Å². The summed E-state index contributed by atoms with van der Waals surface area (Å²) in [5.41, 5.74) is 2.66. The van der Waals surface area contributed by atoms with Gasteiger partial charge in [0.25, 0.3) is 17.5 Å². The van der Waals surface area contributed by atoms with Gasteiger partial charge in [0.2, 0.25) is 5.91 Å². The molecule has 3 atom stereocenters. The van der Waals surface area contributed by atoms with Crippen LogP contribution in [0.1, 0.15) is 86.9 Å². The summed E-state index contributed by atoms with van der Waals surface area (Å²) in [7, 11) is 0. The largest absolute Gasteiger partial charge is 0.485 e. The number of halogens is 2. The molecular weight excluding hydrogens is 1100 g/mol. The second-order valence-electron chi connectivity index (χ2n) is 21.2. The molecule has 0 aliphatic carbocycles. The van der Waals surface area contributed by atoms with E-state index in [0.717, 1.165) is 34.4 Å². The van der Waals surface area contributed by atoms with Crippen LogP contribution in [0, 0.1) is 39.5 Å². The van der Waals surface area contributed by atoms with E-state index in [1.165, 1.54) is 41.3 Å². The van der Waals surface area contributed by atoms with E-state index in [0.29, 0.717) is 5.57 Å². The van der Waals surface area contributed by atoms with Crippen molar-refractivity contribution in [3.05, 3.63) is 242 Å². The lowest BCUT2D eigenvalue weighted by atomic mass is 9.74. The number of ether oxygens (including phenoxy) is 5. The van der Waals surface area contributed by atoms with Gasteiger partial charge in [0.05, 0.1) is 33.6 Å². The fourth-order valence-electron chi connectivity index (χ4n) is 10.5. The standard InChI is InChI=1S/C67H65F2N5O12/c1-43(2)56-59-44(3)53(60(73(59)65(56)77)67(79)86-66(78)49-26-28-50(29-27-49)74(80)81)38-72(36-16-34-70-63(75)51-30-32-54(82-39-45-18-8-4-9-19-45)61(57(51)68)84-41-47-22-12-6-13-23-47)37-17-35-71-64(76)52-31-33-55(83-40-46-20-10-5-11-21-46)62(58(52)69)85-42-48-24-14-7-15-25-48/h4-15,18-33,43-44,56,59H,16-17,34-42H2,1-3H3,(H,70,75)(H,71,76)/t44-,56+,59+/m0/s1. The Bertz CT molecular complexity index is 3410. The number of rotatable bonds is 28. The number of non-ortho nitro benzene ring substituents is 1. The van der Waals surface area contributed by atoms with Crippen LogP contribution < -0.4 is 29.6 Å². The highest BCUT2D eigenvalue weighted by atomic mass is 19.1. The summed E-state index contributed by atoms with van der Waals surface area (Å²) in [5.74, 6) is -6.93. The molecule has 2 N–H and O–H groups in total. The number of nitro groups is 1. The van der Waals surface area contributed by atoms with Crippen molar-refractivity contribution in [1.82, 2.24) is 20.4 Å².